The average Bonchev–Trinajstić information content (AvgIpc) is 2.33. The number of hydrogen-bond donors (Lipinski definition) is 2. The van der Waals surface area contributed by atoms with Gasteiger partial charge in [-0.25, -0.2) is 0 Å². The Morgan fingerprint density at radius 2 is 1.84 bits per heavy atom. The standard InChI is InChI=1S/C13H20N2O3S/c1-15(2)19(17,18)14-13(11-8-12(16)9-11)10-6-4-3-5-7-10/h3-7,11-14,16H,8-9H2,1-2H3/t11?,12?,13-/m0/s1. The first-order valence-corrected chi connectivity index (χ1v) is 7.77. The fourth-order valence-electron chi connectivity index (χ4n) is 2.26. The van der Waals surface area contributed by atoms with Gasteiger partial charge in [0.15, 0.2) is 0 Å². The molecule has 1 fully saturated rings. The highest BCUT2D eigenvalue weighted by Gasteiger charge is 2.37. The van der Waals surface area contributed by atoms with Crippen molar-refractivity contribution in [2.45, 2.75) is 25.0 Å². The Kier molecular flexibility index (Phi) is 4.25. The van der Waals surface area contributed by atoms with Crippen molar-refractivity contribution in [3.63, 3.8) is 0 Å². The molecule has 1 aliphatic carbocycles. The summed E-state index contributed by atoms with van der Waals surface area (Å²) in [4.78, 5) is 0. The van der Waals surface area contributed by atoms with Crippen LogP contribution >= 0.6 is 0 Å². The molecule has 0 aliphatic heterocycles. The second kappa shape index (κ2) is 5.58. The quantitative estimate of drug-likeness (QED) is 0.844. The Balaban J connectivity index is 2.21. The van der Waals surface area contributed by atoms with Crippen LogP contribution in [0.5, 0.6) is 0 Å². The SMILES string of the molecule is CN(C)S(=O)(=O)N[C@@H](c1ccccc1)C1CC(O)C1. The predicted octanol–water partition coefficient (Wildman–Crippen LogP) is 0.895. The predicted molar refractivity (Wildman–Crippen MR) is 73.7 cm³/mol. The lowest BCUT2D eigenvalue weighted by Crippen LogP contribution is -2.45. The first kappa shape index (κ1) is 14.5. The summed E-state index contributed by atoms with van der Waals surface area (Å²) in [6.45, 7) is 0. The van der Waals surface area contributed by atoms with E-state index in [1.54, 1.807) is 0 Å². The fourth-order valence-corrected chi connectivity index (χ4v) is 3.12. The van der Waals surface area contributed by atoms with Gasteiger partial charge in [-0.15, -0.1) is 0 Å². The summed E-state index contributed by atoms with van der Waals surface area (Å²) in [5.74, 6) is 0.145. The number of nitrogens with one attached hydrogen (secondary N) is 1. The van der Waals surface area contributed by atoms with E-state index in [1.165, 1.54) is 14.1 Å². The van der Waals surface area contributed by atoms with Gasteiger partial charge in [0.1, 0.15) is 0 Å². The Bertz CT molecular complexity index is 510. The van der Waals surface area contributed by atoms with Crippen LogP contribution in [-0.2, 0) is 10.2 Å². The van der Waals surface area contributed by atoms with Gasteiger partial charge in [0.05, 0.1) is 12.1 Å². The van der Waals surface area contributed by atoms with Gasteiger partial charge in [-0.3, -0.25) is 0 Å². The van der Waals surface area contributed by atoms with Gasteiger partial charge in [-0.05, 0) is 24.3 Å². The average molecular weight is 284 g/mol. The second-order valence-electron chi connectivity index (χ2n) is 5.18. The molecule has 106 valence electrons. The molecule has 0 saturated heterocycles. The largest absolute Gasteiger partial charge is 0.393 e. The smallest absolute Gasteiger partial charge is 0.279 e. The molecule has 0 spiro atoms. The van der Waals surface area contributed by atoms with Crippen molar-refractivity contribution < 1.29 is 13.5 Å². The van der Waals surface area contributed by atoms with Crippen molar-refractivity contribution in [2.75, 3.05) is 14.1 Å². The van der Waals surface area contributed by atoms with E-state index in [1.807, 2.05) is 30.3 Å². The third kappa shape index (κ3) is 3.33. The van der Waals surface area contributed by atoms with Crippen LogP contribution in [-0.4, -0.2) is 38.0 Å². The van der Waals surface area contributed by atoms with Gasteiger partial charge in [0.2, 0.25) is 0 Å². The van der Waals surface area contributed by atoms with Crippen LogP contribution in [0.15, 0.2) is 30.3 Å². The van der Waals surface area contributed by atoms with Crippen LogP contribution < -0.4 is 4.72 Å². The monoisotopic (exact) mass is 284 g/mol. The van der Waals surface area contributed by atoms with E-state index >= 15 is 0 Å². The molecule has 5 nitrogen and oxygen atoms in total. The molecule has 2 N–H and O–H groups in total. The number of benzene rings is 1. The number of rotatable bonds is 5. The maximum absolute atomic E-state index is 12.0. The number of hydrogen-bond acceptors (Lipinski definition) is 3. The Hall–Kier alpha value is -0.950. The molecule has 1 aromatic rings. The third-order valence-electron chi connectivity index (χ3n) is 3.54. The van der Waals surface area contributed by atoms with Crippen LogP contribution in [0.4, 0.5) is 0 Å². The van der Waals surface area contributed by atoms with E-state index in [4.69, 9.17) is 0 Å². The molecule has 1 aromatic carbocycles. The van der Waals surface area contributed by atoms with Crippen molar-refractivity contribution >= 4 is 10.2 Å². The summed E-state index contributed by atoms with van der Waals surface area (Å²) in [5.41, 5.74) is 0.935. The van der Waals surface area contributed by atoms with E-state index in [0.717, 1.165) is 9.87 Å². The molecule has 1 aliphatic rings. The van der Waals surface area contributed by atoms with Gasteiger partial charge >= 0.3 is 0 Å². The van der Waals surface area contributed by atoms with Crippen molar-refractivity contribution in [1.82, 2.24) is 9.03 Å². The third-order valence-corrected chi connectivity index (χ3v) is 5.05. The molecule has 0 radical (unpaired) electrons. The van der Waals surface area contributed by atoms with Crippen LogP contribution in [0.25, 0.3) is 0 Å². The minimum absolute atomic E-state index is 0.145. The molecule has 19 heavy (non-hydrogen) atoms. The lowest BCUT2D eigenvalue weighted by molar-refractivity contribution is 0.0278. The molecule has 6 heteroatoms. The van der Waals surface area contributed by atoms with Gasteiger partial charge in [-0.1, -0.05) is 30.3 Å². The van der Waals surface area contributed by atoms with Crippen molar-refractivity contribution in [3.8, 4) is 0 Å². The van der Waals surface area contributed by atoms with E-state index in [0.29, 0.717) is 12.8 Å². The molecule has 2 rings (SSSR count). The van der Waals surface area contributed by atoms with Crippen molar-refractivity contribution in [1.29, 1.82) is 0 Å². The van der Waals surface area contributed by atoms with Crippen LogP contribution in [0, 0.1) is 5.92 Å². The van der Waals surface area contributed by atoms with E-state index < -0.39 is 10.2 Å². The summed E-state index contributed by atoms with van der Waals surface area (Å²) in [5, 5.41) is 9.43. The van der Waals surface area contributed by atoms with E-state index in [2.05, 4.69) is 4.72 Å². The first-order valence-electron chi connectivity index (χ1n) is 6.33. The van der Waals surface area contributed by atoms with Gasteiger partial charge in [0.25, 0.3) is 10.2 Å². The van der Waals surface area contributed by atoms with Gasteiger partial charge in [-0.2, -0.15) is 17.4 Å². The number of aliphatic hydroxyl groups is 1. The summed E-state index contributed by atoms with van der Waals surface area (Å²) >= 11 is 0. The molecular weight excluding hydrogens is 264 g/mol. The summed E-state index contributed by atoms with van der Waals surface area (Å²) in [7, 11) is -0.483. The molecule has 1 atom stereocenters. The Labute approximate surface area is 114 Å². The maximum Gasteiger partial charge on any atom is 0.279 e. The topological polar surface area (TPSA) is 69.6 Å². The Morgan fingerprint density at radius 1 is 1.26 bits per heavy atom. The molecule has 0 aromatic heterocycles. The zero-order valence-corrected chi connectivity index (χ0v) is 12.0. The number of aliphatic hydroxyl groups excluding tert-OH is 1. The summed E-state index contributed by atoms with van der Waals surface area (Å²) in [6.07, 6.45) is 0.963. The molecule has 0 amide bonds. The summed E-state index contributed by atoms with van der Waals surface area (Å²) < 4.78 is 27.9. The zero-order valence-electron chi connectivity index (χ0n) is 11.2. The van der Waals surface area contributed by atoms with Crippen LogP contribution in [0.2, 0.25) is 0 Å². The molecule has 0 bridgehead atoms. The lowest BCUT2D eigenvalue weighted by atomic mass is 9.75. The zero-order chi connectivity index (χ0) is 14.0. The fraction of sp³-hybridized carbons (Fsp3) is 0.538. The maximum atomic E-state index is 12.0. The van der Waals surface area contributed by atoms with E-state index in [-0.39, 0.29) is 18.1 Å². The summed E-state index contributed by atoms with van der Waals surface area (Å²) in [6, 6.07) is 9.22. The minimum Gasteiger partial charge on any atom is -0.393 e. The Morgan fingerprint density at radius 3 is 2.32 bits per heavy atom. The van der Waals surface area contributed by atoms with Gasteiger partial charge < -0.3 is 5.11 Å². The van der Waals surface area contributed by atoms with Crippen molar-refractivity contribution in [2.24, 2.45) is 5.92 Å². The van der Waals surface area contributed by atoms with Crippen LogP contribution in [0.1, 0.15) is 24.4 Å². The number of nitrogens with zero attached hydrogens (tertiary/aromatic N) is 1. The molecule has 1 saturated carbocycles. The molecular formula is C13H20N2O3S. The minimum atomic E-state index is -3.48. The molecule has 0 unspecified atom stereocenters. The lowest BCUT2D eigenvalue weighted by Gasteiger charge is -2.38. The van der Waals surface area contributed by atoms with Gasteiger partial charge in [0, 0.05) is 14.1 Å². The van der Waals surface area contributed by atoms with Crippen molar-refractivity contribution in [3.05, 3.63) is 35.9 Å². The molecule has 0 heterocycles. The normalized spacial score (nSPS) is 25.1. The highest BCUT2D eigenvalue weighted by molar-refractivity contribution is 7.87. The first-order chi connectivity index (χ1) is 8.90. The highest BCUT2D eigenvalue weighted by Crippen LogP contribution is 2.38. The van der Waals surface area contributed by atoms with E-state index in [9.17, 15) is 13.5 Å². The highest BCUT2D eigenvalue weighted by atomic mass is 32.2. The second-order valence-corrected chi connectivity index (χ2v) is 7.10. The van der Waals surface area contributed by atoms with Crippen LogP contribution in [0.3, 0.4) is 0 Å².